The van der Waals surface area contributed by atoms with Crippen LogP contribution >= 0.6 is 35.4 Å². The molecule has 0 aromatic heterocycles. The molecule has 0 atom stereocenters. The quantitative estimate of drug-likeness (QED) is 0.0689. The molecule has 0 saturated heterocycles. The van der Waals surface area contributed by atoms with Crippen LogP contribution in [0.1, 0.15) is 0 Å². The van der Waals surface area contributed by atoms with Gasteiger partial charge in [0.05, 0.1) is 7.11 Å². The first-order chi connectivity index (χ1) is 18.8. The summed E-state index contributed by atoms with van der Waals surface area (Å²) in [6.07, 6.45) is 2.41. The van der Waals surface area contributed by atoms with Crippen molar-refractivity contribution in [2.45, 2.75) is 0 Å². The topological polar surface area (TPSA) is 9.23 Å². The van der Waals surface area contributed by atoms with Gasteiger partial charge in [-0.05, 0) is 49.4 Å². The van der Waals surface area contributed by atoms with Crippen molar-refractivity contribution >= 4 is 56.6 Å². The van der Waals surface area contributed by atoms with Crippen molar-refractivity contribution in [3.63, 3.8) is 0 Å². The van der Waals surface area contributed by atoms with Gasteiger partial charge in [-0.1, -0.05) is 121 Å². The third-order valence-corrected chi connectivity index (χ3v) is 11.1. The zero-order chi connectivity index (χ0) is 26.8. The van der Waals surface area contributed by atoms with Gasteiger partial charge >= 0.3 is 35.1 Å². The minimum atomic E-state index is -0.348. The van der Waals surface area contributed by atoms with Crippen LogP contribution in [0, 0.1) is 6.07 Å². The normalized spacial score (nSPS) is 10.2. The van der Waals surface area contributed by atoms with Crippen molar-refractivity contribution in [2.24, 2.45) is 0 Å². The van der Waals surface area contributed by atoms with Crippen molar-refractivity contribution in [1.82, 2.24) is 0 Å². The van der Waals surface area contributed by atoms with Gasteiger partial charge in [0.25, 0.3) is 0 Å². The van der Waals surface area contributed by atoms with Gasteiger partial charge in [-0.3, -0.25) is 0 Å². The number of hydrogen-bond acceptors (Lipinski definition) is 1. The van der Waals surface area contributed by atoms with E-state index in [2.05, 4.69) is 143 Å². The minimum Gasteiger partial charge on any atom is -0.0622 e. The molecule has 5 aromatic rings. The Morgan fingerprint density at radius 2 is 0.895 bits per heavy atom. The first kappa shape index (κ1) is 30.7. The average molecular weight is 739 g/mol. The summed E-state index contributed by atoms with van der Waals surface area (Å²) in [6.45, 7) is 0. The van der Waals surface area contributed by atoms with E-state index in [0.29, 0.717) is 0 Å². The molecule has 0 radical (unpaired) electrons. The molecule has 0 fully saturated rings. The number of benzene rings is 5. The molecular weight excluding hydrogens is 708 g/mol. The Bertz CT molecular complexity index is 1100. The van der Waals surface area contributed by atoms with E-state index < -0.39 is 0 Å². The summed E-state index contributed by atoms with van der Waals surface area (Å²) in [4.78, 5) is 0. The van der Waals surface area contributed by atoms with Crippen LogP contribution in [0.4, 0.5) is 0 Å². The molecular formula is C33H31IOP2Pd. The molecule has 0 unspecified atom stereocenters. The van der Waals surface area contributed by atoms with Crippen LogP contribution < -0.4 is 26.0 Å². The van der Waals surface area contributed by atoms with Crippen LogP contribution in [0.5, 0.6) is 5.75 Å². The van der Waals surface area contributed by atoms with E-state index in [0.717, 1.165) is 5.75 Å². The van der Waals surface area contributed by atoms with Gasteiger partial charge in [-0.15, -0.1) is 12.1 Å². The van der Waals surface area contributed by atoms with Gasteiger partial charge in [-0.2, -0.15) is 18.2 Å². The molecule has 0 aliphatic carbocycles. The fourth-order valence-corrected chi connectivity index (χ4v) is 9.31. The van der Waals surface area contributed by atoms with Crippen LogP contribution in [0.2, 0.25) is 0 Å². The Morgan fingerprint density at radius 1 is 0.553 bits per heavy atom. The van der Waals surface area contributed by atoms with Crippen molar-refractivity contribution in [1.29, 1.82) is 0 Å². The monoisotopic (exact) mass is 738 g/mol. The van der Waals surface area contributed by atoms with Gasteiger partial charge < -0.3 is 4.74 Å². The van der Waals surface area contributed by atoms with E-state index >= 15 is 0 Å². The molecule has 0 aliphatic rings. The second-order valence-electron chi connectivity index (χ2n) is 8.09. The van der Waals surface area contributed by atoms with E-state index in [9.17, 15) is 0 Å². The van der Waals surface area contributed by atoms with E-state index in [-0.39, 0.29) is 15.8 Å². The fraction of sp³-hybridized carbons (Fsp3) is 0.0909. The van der Waals surface area contributed by atoms with Gasteiger partial charge in [0.1, 0.15) is 0 Å². The van der Waals surface area contributed by atoms with Crippen LogP contribution in [-0.4, -0.2) is 19.4 Å². The van der Waals surface area contributed by atoms with Gasteiger partial charge in [0.2, 0.25) is 0 Å². The summed E-state index contributed by atoms with van der Waals surface area (Å²) < 4.78 is 4.88. The van der Waals surface area contributed by atoms with E-state index in [1.165, 1.54) is 33.5 Å². The second kappa shape index (κ2) is 18.4. The second-order valence-corrected chi connectivity index (χ2v) is 12.8. The van der Waals surface area contributed by atoms with E-state index in [1.54, 1.807) is 13.2 Å². The van der Waals surface area contributed by atoms with Gasteiger partial charge in [0, 0.05) is 5.75 Å². The summed E-state index contributed by atoms with van der Waals surface area (Å²) in [7, 11) is 0.946. The Morgan fingerprint density at radius 3 is 1.13 bits per heavy atom. The van der Waals surface area contributed by atoms with Crippen molar-refractivity contribution in [3.05, 3.63) is 152 Å². The molecule has 0 amide bonds. The number of methoxy groups -OCH3 is 1. The Hall–Kier alpha value is -1.85. The number of hydrogen-bond donors (Lipinski definition) is 0. The standard InChI is InChI=1S/C26H24P2.C7H7O.HI.Pd/c1-5-13-23(14-6-1)27(24-15-7-2-8-16-24)21-22-28(25-17-9-3-10-18-25)26-19-11-4-12-20-26;1-8-7-5-3-2-4-6-7;;/h1-20H,21-22H2;2-3,5-6H,1H3;1H;/q;-1;;+2/p-1. The van der Waals surface area contributed by atoms with Crippen LogP contribution in [0.15, 0.2) is 146 Å². The molecule has 5 aromatic carbocycles. The molecule has 5 heteroatoms. The molecule has 0 N–H and O–H groups in total. The third-order valence-electron chi connectivity index (χ3n) is 5.73. The van der Waals surface area contributed by atoms with Gasteiger partial charge in [-0.25, -0.2) is 0 Å². The number of ether oxygens (including phenoxy) is 1. The van der Waals surface area contributed by atoms with E-state index in [1.807, 2.05) is 37.7 Å². The molecule has 0 saturated carbocycles. The Labute approximate surface area is 251 Å². The smallest absolute Gasteiger partial charge is 0.0195 e. The number of rotatable bonds is 8. The SMILES string of the molecule is COc1c[c-]ccc1.[Pd+][I].c1ccc(P(CCP(c2ccccc2)c2ccccc2)c2ccccc2)cc1. The minimum absolute atomic E-state index is 0.348. The number of halogens is 1. The summed E-state index contributed by atoms with van der Waals surface area (Å²) in [6, 6.07) is 54.5. The largest absolute Gasteiger partial charge is 0.0622 e. The molecule has 0 bridgehead atoms. The summed E-state index contributed by atoms with van der Waals surface area (Å²) in [5.74, 6) is 0.854. The zero-order valence-corrected chi connectivity index (χ0v) is 26.8. The molecule has 1 nitrogen and oxygen atoms in total. The van der Waals surface area contributed by atoms with Crippen LogP contribution in [0.25, 0.3) is 0 Å². The van der Waals surface area contributed by atoms with Crippen LogP contribution in [-0.2, 0) is 15.6 Å². The summed E-state index contributed by atoms with van der Waals surface area (Å²) in [5.41, 5.74) is 0. The van der Waals surface area contributed by atoms with Gasteiger partial charge in [0.15, 0.2) is 0 Å². The van der Waals surface area contributed by atoms with Crippen LogP contribution in [0.3, 0.4) is 0 Å². The maximum absolute atomic E-state index is 4.88. The molecule has 196 valence electrons. The fourth-order valence-electron chi connectivity index (χ4n) is 3.95. The predicted octanol–water partition coefficient (Wildman–Crippen LogP) is 7.63. The zero-order valence-electron chi connectivity index (χ0n) is 21.3. The van der Waals surface area contributed by atoms with Crippen molar-refractivity contribution in [2.75, 3.05) is 19.4 Å². The molecule has 5 rings (SSSR count). The first-order valence-corrected chi connectivity index (χ1v) is 19.9. The molecule has 38 heavy (non-hydrogen) atoms. The average Bonchev–Trinajstić information content (AvgIpc) is 3.03. The first-order valence-electron chi connectivity index (χ1n) is 12.2. The van der Waals surface area contributed by atoms with Crippen molar-refractivity contribution < 1.29 is 20.3 Å². The summed E-state index contributed by atoms with van der Waals surface area (Å²) >= 11 is 4.72. The molecule has 0 aliphatic heterocycles. The third kappa shape index (κ3) is 10.0. The molecule has 0 heterocycles. The summed E-state index contributed by atoms with van der Waals surface area (Å²) in [5, 5.41) is 5.89. The van der Waals surface area contributed by atoms with Crippen molar-refractivity contribution in [3.8, 4) is 5.75 Å². The Kier molecular flexibility index (Phi) is 14.9. The van der Waals surface area contributed by atoms with E-state index in [4.69, 9.17) is 4.74 Å². The Balaban J connectivity index is 0.000000339. The predicted molar refractivity (Wildman–Crippen MR) is 174 cm³/mol. The maximum Gasteiger partial charge on any atom is -0.0195 e. The molecule has 0 spiro atoms. The maximum atomic E-state index is 4.88.